The Bertz CT molecular complexity index is 1060. The lowest BCUT2D eigenvalue weighted by molar-refractivity contribution is 0.0695. The number of nitrogen functional groups attached to an aromatic ring is 1. The maximum atomic E-state index is 15.4. The molecule has 0 bridgehead atoms. The molecule has 1 aliphatic carbocycles. The Labute approximate surface area is 166 Å². The Morgan fingerprint density at radius 2 is 2.07 bits per heavy atom. The van der Waals surface area contributed by atoms with Crippen LogP contribution in [0.2, 0.25) is 0 Å². The molecule has 0 spiro atoms. The van der Waals surface area contributed by atoms with Crippen LogP contribution >= 0.6 is 0 Å². The predicted octanol–water partition coefficient (Wildman–Crippen LogP) is 1.94. The quantitative estimate of drug-likeness (QED) is 0.651. The smallest absolute Gasteiger partial charge is 0.341 e. The van der Waals surface area contributed by atoms with Crippen LogP contribution in [0.15, 0.2) is 11.0 Å². The molecule has 1 saturated heterocycles. The highest BCUT2D eigenvalue weighted by molar-refractivity contribution is 6.03. The molecule has 1 aromatic carbocycles. The van der Waals surface area contributed by atoms with E-state index in [2.05, 4.69) is 0 Å². The first kappa shape index (κ1) is 19.5. The Kier molecular flexibility index (Phi) is 4.65. The SMILES string of the molecule is COc1c(N2CC[C@@H]([C@H](C)N)C2)c(F)c(N)c2c(=O)c(C(=O)O)cn(C3CC3)c12. The molecule has 2 heterocycles. The van der Waals surface area contributed by atoms with Gasteiger partial charge in [-0.3, -0.25) is 4.79 Å². The highest BCUT2D eigenvalue weighted by Gasteiger charge is 2.35. The lowest BCUT2D eigenvalue weighted by Crippen LogP contribution is -2.30. The fraction of sp³-hybridized carbons (Fsp3) is 0.500. The van der Waals surface area contributed by atoms with Crippen LogP contribution in [-0.2, 0) is 0 Å². The Morgan fingerprint density at radius 1 is 1.38 bits per heavy atom. The van der Waals surface area contributed by atoms with Crippen molar-refractivity contribution < 1.29 is 19.0 Å². The number of anilines is 2. The minimum Gasteiger partial charge on any atom is -0.492 e. The van der Waals surface area contributed by atoms with E-state index in [1.54, 1.807) is 4.57 Å². The van der Waals surface area contributed by atoms with Crippen LogP contribution in [0, 0.1) is 11.7 Å². The number of fused-ring (bicyclic) bond motifs is 1. The molecule has 8 nitrogen and oxygen atoms in total. The van der Waals surface area contributed by atoms with Gasteiger partial charge in [-0.15, -0.1) is 0 Å². The summed E-state index contributed by atoms with van der Waals surface area (Å²) >= 11 is 0. The van der Waals surface area contributed by atoms with Gasteiger partial charge in [-0.05, 0) is 32.1 Å². The van der Waals surface area contributed by atoms with Crippen LogP contribution in [0.5, 0.6) is 5.75 Å². The molecule has 0 amide bonds. The van der Waals surface area contributed by atoms with Gasteiger partial charge in [-0.1, -0.05) is 0 Å². The molecule has 2 aromatic rings. The van der Waals surface area contributed by atoms with Gasteiger partial charge in [-0.2, -0.15) is 0 Å². The van der Waals surface area contributed by atoms with Crippen molar-refractivity contribution >= 4 is 28.2 Å². The minimum atomic E-state index is -1.37. The van der Waals surface area contributed by atoms with Crippen molar-refractivity contribution in [2.75, 3.05) is 30.8 Å². The van der Waals surface area contributed by atoms with Crippen LogP contribution in [0.1, 0.15) is 42.6 Å². The monoisotopic (exact) mass is 404 g/mol. The maximum Gasteiger partial charge on any atom is 0.341 e. The third kappa shape index (κ3) is 3.00. The molecule has 156 valence electrons. The number of pyridine rings is 1. The molecular weight excluding hydrogens is 379 g/mol. The van der Waals surface area contributed by atoms with Gasteiger partial charge in [0.2, 0.25) is 5.43 Å². The first-order chi connectivity index (χ1) is 13.8. The van der Waals surface area contributed by atoms with E-state index in [1.165, 1.54) is 13.3 Å². The van der Waals surface area contributed by atoms with Crippen LogP contribution in [0.4, 0.5) is 15.8 Å². The van der Waals surface area contributed by atoms with Gasteiger partial charge in [-0.25, -0.2) is 9.18 Å². The number of carboxylic acid groups (broad SMARTS) is 1. The van der Waals surface area contributed by atoms with Gasteiger partial charge in [0, 0.05) is 31.4 Å². The molecular formula is C20H25FN4O4. The number of benzene rings is 1. The van der Waals surface area contributed by atoms with Crippen molar-refractivity contribution in [1.29, 1.82) is 0 Å². The molecule has 1 aliphatic heterocycles. The van der Waals surface area contributed by atoms with E-state index >= 15 is 4.39 Å². The molecule has 2 atom stereocenters. The molecule has 0 radical (unpaired) electrons. The second kappa shape index (κ2) is 6.91. The van der Waals surface area contributed by atoms with E-state index in [0.717, 1.165) is 19.3 Å². The fourth-order valence-electron chi connectivity index (χ4n) is 4.25. The third-order valence-electron chi connectivity index (χ3n) is 6.04. The molecule has 2 aliphatic rings. The summed E-state index contributed by atoms with van der Waals surface area (Å²) in [5, 5.41) is 9.31. The highest BCUT2D eigenvalue weighted by Crippen LogP contribution is 2.46. The van der Waals surface area contributed by atoms with Crippen molar-refractivity contribution in [3.05, 3.63) is 27.8 Å². The Morgan fingerprint density at radius 3 is 2.59 bits per heavy atom. The first-order valence-corrected chi connectivity index (χ1v) is 9.73. The highest BCUT2D eigenvalue weighted by atomic mass is 19.1. The molecule has 1 saturated carbocycles. The average molecular weight is 404 g/mol. The third-order valence-corrected chi connectivity index (χ3v) is 6.04. The zero-order chi connectivity index (χ0) is 21.0. The van der Waals surface area contributed by atoms with Crippen LogP contribution < -0.4 is 26.5 Å². The summed E-state index contributed by atoms with van der Waals surface area (Å²) in [5.74, 6) is -1.72. The second-order valence-corrected chi connectivity index (χ2v) is 8.00. The number of rotatable bonds is 5. The summed E-state index contributed by atoms with van der Waals surface area (Å²) in [6, 6.07) is -0.00664. The summed E-state index contributed by atoms with van der Waals surface area (Å²) < 4.78 is 22.8. The van der Waals surface area contributed by atoms with E-state index in [0.29, 0.717) is 18.6 Å². The molecule has 5 N–H and O–H groups in total. The largest absolute Gasteiger partial charge is 0.492 e. The number of halogens is 1. The maximum absolute atomic E-state index is 15.4. The fourth-order valence-corrected chi connectivity index (χ4v) is 4.25. The zero-order valence-electron chi connectivity index (χ0n) is 16.4. The number of methoxy groups -OCH3 is 1. The molecule has 4 rings (SSSR count). The number of nitrogens with zero attached hydrogens (tertiary/aromatic N) is 2. The number of nitrogens with two attached hydrogens (primary N) is 2. The molecule has 1 aromatic heterocycles. The van der Waals surface area contributed by atoms with Crippen LogP contribution in [0.25, 0.3) is 10.9 Å². The standard InChI is InChI=1S/C20H25FN4O4/c1-9(22)10-5-6-24(7-10)17-14(21)15(23)13-16(19(17)29-2)25(11-3-4-11)8-12(18(13)26)20(27)28/h8-11H,3-7,22-23H2,1-2H3,(H,27,28)/t9-,10+/m0/s1. The van der Waals surface area contributed by atoms with E-state index in [9.17, 15) is 14.7 Å². The summed E-state index contributed by atoms with van der Waals surface area (Å²) in [6.45, 7) is 3.07. The number of hydrogen-bond donors (Lipinski definition) is 3. The minimum absolute atomic E-state index is 0.0261. The lowest BCUT2D eigenvalue weighted by atomic mass is 10.0. The van der Waals surface area contributed by atoms with Crippen LogP contribution in [0.3, 0.4) is 0 Å². The number of hydrogen-bond acceptors (Lipinski definition) is 6. The van der Waals surface area contributed by atoms with Crippen molar-refractivity contribution in [2.45, 2.75) is 38.3 Å². The molecule has 2 fully saturated rings. The lowest BCUT2D eigenvalue weighted by Gasteiger charge is -2.26. The Balaban J connectivity index is 2.04. The van der Waals surface area contributed by atoms with E-state index in [-0.39, 0.29) is 40.5 Å². The van der Waals surface area contributed by atoms with Crippen molar-refractivity contribution in [3.8, 4) is 5.75 Å². The summed E-state index contributed by atoms with van der Waals surface area (Å²) in [4.78, 5) is 26.3. The number of ether oxygens (including phenoxy) is 1. The topological polar surface area (TPSA) is 124 Å². The van der Waals surface area contributed by atoms with Crippen molar-refractivity contribution in [3.63, 3.8) is 0 Å². The van der Waals surface area contributed by atoms with Crippen LogP contribution in [-0.4, -0.2) is 41.9 Å². The molecule has 29 heavy (non-hydrogen) atoms. The predicted molar refractivity (Wildman–Crippen MR) is 108 cm³/mol. The van der Waals surface area contributed by atoms with Crippen molar-refractivity contribution in [1.82, 2.24) is 4.57 Å². The van der Waals surface area contributed by atoms with E-state index in [1.807, 2.05) is 11.8 Å². The summed E-state index contributed by atoms with van der Waals surface area (Å²) in [7, 11) is 1.42. The number of carbonyl (C=O) groups is 1. The van der Waals surface area contributed by atoms with Gasteiger partial charge in [0.05, 0.1) is 23.7 Å². The molecule has 9 heteroatoms. The summed E-state index contributed by atoms with van der Waals surface area (Å²) in [6.07, 6.45) is 3.81. The molecule has 0 unspecified atom stereocenters. The van der Waals surface area contributed by atoms with E-state index in [4.69, 9.17) is 16.2 Å². The second-order valence-electron chi connectivity index (χ2n) is 8.00. The normalized spacial score (nSPS) is 20.3. The number of aromatic nitrogens is 1. The summed E-state index contributed by atoms with van der Waals surface area (Å²) in [5.41, 5.74) is 11.1. The van der Waals surface area contributed by atoms with Gasteiger partial charge in [0.1, 0.15) is 11.3 Å². The van der Waals surface area contributed by atoms with Crippen molar-refractivity contribution in [2.24, 2.45) is 11.7 Å². The van der Waals surface area contributed by atoms with Gasteiger partial charge < -0.3 is 30.8 Å². The number of carboxylic acids is 1. The average Bonchev–Trinajstić information content (AvgIpc) is 3.39. The van der Waals surface area contributed by atoms with Gasteiger partial charge >= 0.3 is 5.97 Å². The zero-order valence-corrected chi connectivity index (χ0v) is 16.4. The van der Waals surface area contributed by atoms with Gasteiger partial charge in [0.15, 0.2) is 11.6 Å². The Hall–Kier alpha value is -2.81. The number of aromatic carboxylic acids is 1. The van der Waals surface area contributed by atoms with E-state index < -0.39 is 22.8 Å². The van der Waals surface area contributed by atoms with Gasteiger partial charge in [0.25, 0.3) is 0 Å². The first-order valence-electron chi connectivity index (χ1n) is 9.73.